The van der Waals surface area contributed by atoms with Crippen molar-refractivity contribution >= 4 is 5.91 Å². The lowest BCUT2D eigenvalue weighted by Gasteiger charge is -2.38. The Morgan fingerprint density at radius 2 is 2.13 bits per heavy atom. The first-order valence-corrected chi connectivity index (χ1v) is 7.41. The summed E-state index contributed by atoms with van der Waals surface area (Å²) in [6.45, 7) is 3.22. The van der Waals surface area contributed by atoms with Crippen molar-refractivity contribution in [1.82, 2.24) is 14.9 Å². The van der Waals surface area contributed by atoms with Gasteiger partial charge in [-0.15, -0.1) is 0 Å². The Bertz CT molecular complexity index is 682. The summed E-state index contributed by atoms with van der Waals surface area (Å²) in [6.07, 6.45) is -1.68. The van der Waals surface area contributed by atoms with E-state index in [1.54, 1.807) is 13.8 Å². The largest absolute Gasteiger partial charge is 0.388 e. The molecule has 0 radical (unpaired) electrons. The highest BCUT2D eigenvalue weighted by molar-refractivity contribution is 5.75. The fourth-order valence-corrected chi connectivity index (χ4v) is 2.43. The van der Waals surface area contributed by atoms with E-state index in [0.29, 0.717) is 5.56 Å². The molecule has 9 heteroatoms. The first kappa shape index (κ1) is 17.4. The van der Waals surface area contributed by atoms with Crippen LogP contribution in [0.1, 0.15) is 18.9 Å². The van der Waals surface area contributed by atoms with Gasteiger partial charge in [0.25, 0.3) is 5.56 Å². The van der Waals surface area contributed by atoms with Crippen molar-refractivity contribution in [3.8, 4) is 0 Å². The second-order valence-electron chi connectivity index (χ2n) is 5.60. The van der Waals surface area contributed by atoms with Crippen LogP contribution in [0.3, 0.4) is 0 Å². The molecule has 128 valence electrons. The van der Waals surface area contributed by atoms with Crippen LogP contribution in [0.2, 0.25) is 0 Å². The summed E-state index contributed by atoms with van der Waals surface area (Å²) in [5.41, 5.74) is -0.741. The number of aryl methyl sites for hydroxylation is 1. The Morgan fingerprint density at radius 1 is 1.43 bits per heavy atom. The molecular formula is C14H21N3O6. The lowest BCUT2D eigenvalue weighted by molar-refractivity contribution is -0.158. The number of ether oxygens (including phenoxy) is 1. The van der Waals surface area contributed by atoms with E-state index in [-0.39, 0.29) is 25.5 Å². The van der Waals surface area contributed by atoms with E-state index in [9.17, 15) is 24.6 Å². The van der Waals surface area contributed by atoms with Crippen LogP contribution in [-0.4, -0.2) is 56.6 Å². The van der Waals surface area contributed by atoms with Gasteiger partial charge in [0.05, 0.1) is 19.2 Å². The molecular weight excluding hydrogens is 306 g/mol. The van der Waals surface area contributed by atoms with Crippen LogP contribution in [-0.2, 0) is 16.1 Å². The van der Waals surface area contributed by atoms with Crippen LogP contribution in [0.5, 0.6) is 0 Å². The monoisotopic (exact) mass is 327 g/mol. The number of hydrogen-bond donors (Lipinski definition) is 4. The first-order valence-electron chi connectivity index (χ1n) is 7.41. The summed E-state index contributed by atoms with van der Waals surface area (Å²) in [4.78, 5) is 36.6. The zero-order valence-corrected chi connectivity index (χ0v) is 13.0. The van der Waals surface area contributed by atoms with Crippen molar-refractivity contribution in [3.05, 3.63) is 32.6 Å². The molecule has 23 heavy (non-hydrogen) atoms. The van der Waals surface area contributed by atoms with Gasteiger partial charge in [0.15, 0.2) is 0 Å². The third-order valence-electron chi connectivity index (χ3n) is 3.87. The Kier molecular flexibility index (Phi) is 5.34. The molecule has 9 nitrogen and oxygen atoms in total. The number of aromatic nitrogens is 2. The minimum Gasteiger partial charge on any atom is -0.388 e. The first-order chi connectivity index (χ1) is 10.8. The molecule has 4 N–H and O–H groups in total. The number of aliphatic hydroxyl groups excluding tert-OH is 2. The van der Waals surface area contributed by atoms with E-state index >= 15 is 0 Å². The molecule has 4 atom stereocenters. The molecule has 0 spiro atoms. The van der Waals surface area contributed by atoms with E-state index in [1.807, 2.05) is 0 Å². The molecule has 2 heterocycles. The summed E-state index contributed by atoms with van der Waals surface area (Å²) in [5, 5.41) is 22.8. The van der Waals surface area contributed by atoms with Crippen LogP contribution in [0, 0.1) is 6.92 Å². The number of rotatable bonds is 4. The van der Waals surface area contributed by atoms with Gasteiger partial charge in [0, 0.05) is 18.2 Å². The van der Waals surface area contributed by atoms with Crippen LogP contribution >= 0.6 is 0 Å². The molecule has 1 aliphatic rings. The number of carbonyl (C=O) groups is 1. The second kappa shape index (κ2) is 7.07. The Labute approximate surface area is 131 Å². The molecule has 1 saturated heterocycles. The number of nitrogens with one attached hydrogen (secondary N) is 2. The fourth-order valence-electron chi connectivity index (χ4n) is 2.43. The zero-order valence-electron chi connectivity index (χ0n) is 13.0. The quantitative estimate of drug-likeness (QED) is 0.499. The van der Waals surface area contributed by atoms with Crippen LogP contribution in [0.15, 0.2) is 15.8 Å². The standard InChI is InChI=1S/C14H21N3O6/c1-3-10(18)15-8-6-23-9(12(20)11(8)19)5-17-4-7(2)13(21)16-14(17)22/h4,8-9,11-12,19-20H,3,5-6H2,1-2H3,(H,15,18)(H,16,21,22)/t8-,9-,11+,12-/m1/s1. The molecule has 0 aliphatic carbocycles. The van der Waals surface area contributed by atoms with Crippen molar-refractivity contribution in [3.63, 3.8) is 0 Å². The highest BCUT2D eigenvalue weighted by Crippen LogP contribution is 2.17. The SMILES string of the molecule is CCC(=O)N[C@@H]1CO[C@H](Cn2cc(C)c(=O)[nH]c2=O)[C@@H](O)[C@H]1O. The Hall–Kier alpha value is -1.97. The van der Waals surface area contributed by atoms with Crippen molar-refractivity contribution in [2.75, 3.05) is 6.61 Å². The molecule has 1 amide bonds. The number of aliphatic hydroxyl groups is 2. The van der Waals surface area contributed by atoms with Gasteiger partial charge in [-0.1, -0.05) is 6.92 Å². The fraction of sp³-hybridized carbons (Fsp3) is 0.643. The van der Waals surface area contributed by atoms with E-state index in [2.05, 4.69) is 10.3 Å². The summed E-state index contributed by atoms with van der Waals surface area (Å²) >= 11 is 0. The maximum absolute atomic E-state index is 11.8. The molecule has 1 fully saturated rings. The average molecular weight is 327 g/mol. The number of carbonyl (C=O) groups excluding carboxylic acids is 1. The smallest absolute Gasteiger partial charge is 0.328 e. The summed E-state index contributed by atoms with van der Waals surface area (Å²) in [6, 6.07) is -0.706. The van der Waals surface area contributed by atoms with Gasteiger partial charge in [0.1, 0.15) is 18.3 Å². The number of amides is 1. The molecule has 0 aromatic carbocycles. The average Bonchev–Trinajstić information content (AvgIpc) is 2.51. The van der Waals surface area contributed by atoms with E-state index in [4.69, 9.17) is 4.74 Å². The van der Waals surface area contributed by atoms with Crippen LogP contribution in [0.25, 0.3) is 0 Å². The van der Waals surface area contributed by atoms with Gasteiger partial charge in [-0.2, -0.15) is 0 Å². The highest BCUT2D eigenvalue weighted by atomic mass is 16.5. The molecule has 1 aromatic rings. The molecule has 0 unspecified atom stereocenters. The summed E-state index contributed by atoms with van der Waals surface area (Å²) in [5.74, 6) is -0.254. The minimum atomic E-state index is -1.27. The molecule has 2 rings (SSSR count). The van der Waals surface area contributed by atoms with E-state index in [1.165, 1.54) is 10.8 Å². The topological polar surface area (TPSA) is 134 Å². The molecule has 0 saturated carbocycles. The molecule has 1 aromatic heterocycles. The zero-order chi connectivity index (χ0) is 17.1. The minimum absolute atomic E-state index is 0.0196. The Morgan fingerprint density at radius 3 is 2.78 bits per heavy atom. The van der Waals surface area contributed by atoms with Crippen molar-refractivity contribution in [1.29, 1.82) is 0 Å². The van der Waals surface area contributed by atoms with E-state index < -0.39 is 35.6 Å². The maximum Gasteiger partial charge on any atom is 0.328 e. The van der Waals surface area contributed by atoms with Crippen LogP contribution in [0.4, 0.5) is 0 Å². The van der Waals surface area contributed by atoms with Gasteiger partial charge in [-0.05, 0) is 6.92 Å². The number of hydrogen-bond acceptors (Lipinski definition) is 6. The van der Waals surface area contributed by atoms with Gasteiger partial charge < -0.3 is 20.3 Å². The van der Waals surface area contributed by atoms with Crippen molar-refractivity contribution in [2.24, 2.45) is 0 Å². The predicted molar refractivity (Wildman–Crippen MR) is 80.0 cm³/mol. The van der Waals surface area contributed by atoms with Gasteiger partial charge in [-0.3, -0.25) is 19.1 Å². The second-order valence-corrected chi connectivity index (χ2v) is 5.60. The van der Waals surface area contributed by atoms with Gasteiger partial charge >= 0.3 is 5.69 Å². The van der Waals surface area contributed by atoms with Gasteiger partial charge in [0.2, 0.25) is 5.91 Å². The third kappa shape index (κ3) is 3.87. The van der Waals surface area contributed by atoms with Crippen molar-refractivity contribution < 1.29 is 19.7 Å². The normalized spacial score (nSPS) is 27.7. The summed E-state index contributed by atoms with van der Waals surface area (Å²) in [7, 11) is 0. The number of nitrogens with zero attached hydrogens (tertiary/aromatic N) is 1. The summed E-state index contributed by atoms with van der Waals surface area (Å²) < 4.78 is 6.68. The number of H-pyrrole nitrogens is 1. The van der Waals surface area contributed by atoms with E-state index in [0.717, 1.165) is 0 Å². The lowest BCUT2D eigenvalue weighted by Crippen LogP contribution is -2.60. The third-order valence-corrected chi connectivity index (χ3v) is 3.87. The molecule has 0 bridgehead atoms. The molecule has 1 aliphatic heterocycles. The Balaban J connectivity index is 2.09. The number of aromatic amines is 1. The predicted octanol–water partition coefficient (Wildman–Crippen LogP) is -2.14. The van der Waals surface area contributed by atoms with Crippen molar-refractivity contribution in [2.45, 2.75) is 51.2 Å². The lowest BCUT2D eigenvalue weighted by atomic mass is 9.97. The van der Waals surface area contributed by atoms with Gasteiger partial charge in [-0.25, -0.2) is 4.79 Å². The highest BCUT2D eigenvalue weighted by Gasteiger charge is 2.39. The van der Waals surface area contributed by atoms with Crippen LogP contribution < -0.4 is 16.6 Å². The maximum atomic E-state index is 11.8.